The Morgan fingerprint density at radius 1 is 1.15 bits per heavy atom. The van der Waals surface area contributed by atoms with E-state index in [9.17, 15) is 4.79 Å². The molecule has 0 bridgehead atoms. The predicted octanol–water partition coefficient (Wildman–Crippen LogP) is 3.38. The third-order valence-electron chi connectivity index (χ3n) is 4.91. The van der Waals surface area contributed by atoms with Gasteiger partial charge in [-0.1, -0.05) is 30.3 Å². The van der Waals surface area contributed by atoms with E-state index in [2.05, 4.69) is 17.4 Å². The summed E-state index contributed by atoms with van der Waals surface area (Å²) in [4.78, 5) is 14.3. The van der Waals surface area contributed by atoms with Gasteiger partial charge in [-0.05, 0) is 68.1 Å². The number of carbonyl (C=O) groups is 1. The molecule has 2 aromatic carbocycles. The molecule has 0 aromatic heterocycles. The fourth-order valence-electron chi connectivity index (χ4n) is 3.35. The van der Waals surface area contributed by atoms with Crippen LogP contribution in [0, 0.1) is 5.92 Å². The average molecular weight is 352 g/mol. The second kappa shape index (κ2) is 9.39. The van der Waals surface area contributed by atoms with Crippen molar-refractivity contribution < 1.29 is 9.53 Å². The quantitative estimate of drug-likeness (QED) is 0.831. The van der Waals surface area contributed by atoms with Crippen LogP contribution in [0.2, 0.25) is 0 Å². The van der Waals surface area contributed by atoms with Gasteiger partial charge in [-0.25, -0.2) is 0 Å². The summed E-state index contributed by atoms with van der Waals surface area (Å²) in [6.07, 6.45) is 3.64. The van der Waals surface area contributed by atoms with Gasteiger partial charge >= 0.3 is 0 Å². The smallest absolute Gasteiger partial charge is 0.253 e. The number of nitrogens with zero attached hydrogens (tertiary/aromatic N) is 1. The van der Waals surface area contributed by atoms with Crippen LogP contribution in [0.4, 0.5) is 0 Å². The number of nitrogens with one attached hydrogen (secondary N) is 1. The summed E-state index contributed by atoms with van der Waals surface area (Å²) in [7, 11) is 1.82. The third kappa shape index (κ3) is 5.33. The molecule has 1 aliphatic heterocycles. The summed E-state index contributed by atoms with van der Waals surface area (Å²) in [5.74, 6) is 1.57. The highest BCUT2D eigenvalue weighted by Gasteiger charge is 2.15. The molecule has 0 saturated carbocycles. The number of likely N-dealkylation sites (N-methyl/N-ethyl adjacent to an activating group) is 1. The van der Waals surface area contributed by atoms with Crippen molar-refractivity contribution in [3.05, 3.63) is 65.7 Å². The van der Waals surface area contributed by atoms with Crippen molar-refractivity contribution in [1.29, 1.82) is 0 Å². The number of hydrogen-bond acceptors (Lipinski definition) is 3. The van der Waals surface area contributed by atoms with E-state index >= 15 is 0 Å². The molecule has 0 spiro atoms. The lowest BCUT2D eigenvalue weighted by atomic mass is 9.92. The van der Waals surface area contributed by atoms with E-state index in [1.54, 1.807) is 4.90 Å². The number of benzene rings is 2. The number of para-hydroxylation sites is 1. The first-order valence-corrected chi connectivity index (χ1v) is 9.45. The minimum absolute atomic E-state index is 0.0348. The zero-order valence-corrected chi connectivity index (χ0v) is 15.5. The highest BCUT2D eigenvalue weighted by molar-refractivity contribution is 5.94. The van der Waals surface area contributed by atoms with Crippen LogP contribution in [0.15, 0.2) is 54.6 Å². The third-order valence-corrected chi connectivity index (χ3v) is 4.91. The van der Waals surface area contributed by atoms with Gasteiger partial charge in [-0.2, -0.15) is 0 Å². The van der Waals surface area contributed by atoms with Crippen LogP contribution < -0.4 is 10.1 Å². The van der Waals surface area contributed by atoms with Gasteiger partial charge in [-0.3, -0.25) is 4.79 Å². The molecular weight excluding hydrogens is 324 g/mol. The lowest BCUT2D eigenvalue weighted by Gasteiger charge is -2.23. The van der Waals surface area contributed by atoms with Crippen molar-refractivity contribution >= 4 is 5.91 Å². The molecule has 1 amide bonds. The van der Waals surface area contributed by atoms with Gasteiger partial charge in [0.05, 0.1) is 6.54 Å². The maximum absolute atomic E-state index is 12.5. The Morgan fingerprint density at radius 2 is 1.92 bits per heavy atom. The van der Waals surface area contributed by atoms with Gasteiger partial charge in [0.1, 0.15) is 12.4 Å². The monoisotopic (exact) mass is 352 g/mol. The molecule has 1 heterocycles. The molecule has 1 saturated heterocycles. The largest absolute Gasteiger partial charge is 0.492 e. The number of ether oxygens (including phenoxy) is 1. The highest BCUT2D eigenvalue weighted by Crippen LogP contribution is 2.17. The number of amides is 1. The molecule has 3 rings (SSSR count). The number of carbonyl (C=O) groups excluding carboxylic acids is 1. The van der Waals surface area contributed by atoms with Crippen molar-refractivity contribution in [1.82, 2.24) is 10.2 Å². The van der Waals surface area contributed by atoms with Crippen molar-refractivity contribution in [2.75, 3.05) is 33.3 Å². The SMILES string of the molecule is CN(CCOc1ccccc1)C(=O)c1ccc(CC2CCCNC2)cc1. The summed E-state index contributed by atoms with van der Waals surface area (Å²) in [6.45, 7) is 3.29. The normalized spacial score (nSPS) is 16.9. The second-order valence-electron chi connectivity index (χ2n) is 7.00. The van der Waals surface area contributed by atoms with Gasteiger partial charge in [-0.15, -0.1) is 0 Å². The number of piperidine rings is 1. The van der Waals surface area contributed by atoms with E-state index in [1.165, 1.54) is 18.4 Å². The van der Waals surface area contributed by atoms with Crippen molar-refractivity contribution in [3.8, 4) is 5.75 Å². The van der Waals surface area contributed by atoms with Crippen LogP contribution in [0.25, 0.3) is 0 Å². The molecule has 4 nitrogen and oxygen atoms in total. The minimum atomic E-state index is 0.0348. The molecule has 1 unspecified atom stereocenters. The first kappa shape index (κ1) is 18.5. The van der Waals surface area contributed by atoms with Crippen LogP contribution >= 0.6 is 0 Å². The van der Waals surface area contributed by atoms with E-state index < -0.39 is 0 Å². The van der Waals surface area contributed by atoms with Crippen LogP contribution in [0.3, 0.4) is 0 Å². The lowest BCUT2D eigenvalue weighted by Crippen LogP contribution is -2.31. The fraction of sp³-hybridized carbons (Fsp3) is 0.409. The first-order chi connectivity index (χ1) is 12.7. The average Bonchev–Trinajstić information content (AvgIpc) is 2.69. The van der Waals surface area contributed by atoms with E-state index in [-0.39, 0.29) is 5.91 Å². The Labute approximate surface area is 156 Å². The topological polar surface area (TPSA) is 41.6 Å². The van der Waals surface area contributed by atoms with Crippen molar-refractivity contribution in [2.24, 2.45) is 5.92 Å². The van der Waals surface area contributed by atoms with Crippen molar-refractivity contribution in [2.45, 2.75) is 19.3 Å². The lowest BCUT2D eigenvalue weighted by molar-refractivity contribution is 0.0774. The summed E-state index contributed by atoms with van der Waals surface area (Å²) in [6, 6.07) is 17.8. The van der Waals surface area contributed by atoms with E-state index in [0.29, 0.717) is 19.1 Å². The maximum atomic E-state index is 12.5. The zero-order valence-electron chi connectivity index (χ0n) is 15.5. The Morgan fingerprint density at radius 3 is 2.62 bits per heavy atom. The van der Waals surface area contributed by atoms with E-state index in [4.69, 9.17) is 4.74 Å². The summed E-state index contributed by atoms with van der Waals surface area (Å²) < 4.78 is 5.67. The summed E-state index contributed by atoms with van der Waals surface area (Å²) >= 11 is 0. The Balaban J connectivity index is 1.47. The minimum Gasteiger partial charge on any atom is -0.492 e. The van der Waals surface area contributed by atoms with Crippen LogP contribution in [-0.4, -0.2) is 44.1 Å². The van der Waals surface area contributed by atoms with Gasteiger partial charge in [0.15, 0.2) is 0 Å². The molecule has 2 aromatic rings. The van der Waals surface area contributed by atoms with E-state index in [0.717, 1.165) is 30.8 Å². The molecule has 1 N–H and O–H groups in total. The number of rotatable bonds is 7. The molecule has 26 heavy (non-hydrogen) atoms. The molecule has 138 valence electrons. The maximum Gasteiger partial charge on any atom is 0.253 e. The predicted molar refractivity (Wildman–Crippen MR) is 105 cm³/mol. The molecule has 0 radical (unpaired) electrons. The van der Waals surface area contributed by atoms with Crippen LogP contribution in [0.5, 0.6) is 5.75 Å². The molecule has 1 aliphatic rings. The molecule has 0 aliphatic carbocycles. The molecule has 4 heteroatoms. The van der Waals surface area contributed by atoms with E-state index in [1.807, 2.05) is 49.5 Å². The first-order valence-electron chi connectivity index (χ1n) is 9.45. The Hall–Kier alpha value is -2.33. The van der Waals surface area contributed by atoms with Crippen LogP contribution in [0.1, 0.15) is 28.8 Å². The molecule has 1 fully saturated rings. The molecule has 1 atom stereocenters. The Kier molecular flexibility index (Phi) is 6.67. The van der Waals surface area contributed by atoms with Gasteiger partial charge in [0, 0.05) is 12.6 Å². The molecular formula is C22H28N2O2. The van der Waals surface area contributed by atoms with Gasteiger partial charge in [0.2, 0.25) is 0 Å². The van der Waals surface area contributed by atoms with Crippen molar-refractivity contribution in [3.63, 3.8) is 0 Å². The van der Waals surface area contributed by atoms with Gasteiger partial charge in [0.25, 0.3) is 5.91 Å². The second-order valence-corrected chi connectivity index (χ2v) is 7.00. The van der Waals surface area contributed by atoms with Gasteiger partial charge < -0.3 is 15.0 Å². The Bertz CT molecular complexity index is 679. The standard InChI is InChI=1S/C22H28N2O2/c1-24(14-15-26-21-7-3-2-4-8-21)22(25)20-11-9-18(10-12-20)16-19-6-5-13-23-17-19/h2-4,7-12,19,23H,5-6,13-17H2,1H3. The number of hydrogen-bond donors (Lipinski definition) is 1. The zero-order chi connectivity index (χ0) is 18.2. The fourth-order valence-corrected chi connectivity index (χ4v) is 3.35. The van der Waals surface area contributed by atoms with Crippen LogP contribution in [-0.2, 0) is 6.42 Å². The highest BCUT2D eigenvalue weighted by atomic mass is 16.5. The summed E-state index contributed by atoms with van der Waals surface area (Å²) in [5.41, 5.74) is 2.04. The summed E-state index contributed by atoms with van der Waals surface area (Å²) in [5, 5.41) is 3.46.